The van der Waals surface area contributed by atoms with Crippen LogP contribution in [0.1, 0.15) is 17.5 Å². The molecule has 0 heterocycles. The molecule has 0 saturated carbocycles. The summed E-state index contributed by atoms with van der Waals surface area (Å²) >= 11 is 0. The van der Waals surface area contributed by atoms with Crippen molar-refractivity contribution in [2.24, 2.45) is 0 Å². The summed E-state index contributed by atoms with van der Waals surface area (Å²) in [6, 6.07) is 27.5. The van der Waals surface area contributed by atoms with E-state index in [1.807, 2.05) is 54.6 Å². The van der Waals surface area contributed by atoms with Gasteiger partial charge in [0.25, 0.3) is 0 Å². The average Bonchev–Trinajstić information content (AvgIpc) is 2.82. The van der Waals surface area contributed by atoms with Crippen molar-refractivity contribution in [3.05, 3.63) is 96.1 Å². The number of hydrogen-bond donors (Lipinski definition) is 1. The Bertz CT molecular complexity index is 1160. The van der Waals surface area contributed by atoms with Gasteiger partial charge in [0.05, 0.1) is 7.11 Å². The number of nitrogens with one attached hydrogen (secondary N) is 1. The number of benzene rings is 4. The van der Waals surface area contributed by atoms with E-state index in [9.17, 15) is 9.59 Å². The molecule has 0 radical (unpaired) electrons. The van der Waals surface area contributed by atoms with E-state index in [0.717, 1.165) is 32.7 Å². The molecule has 0 aliphatic rings. The summed E-state index contributed by atoms with van der Waals surface area (Å²) in [6.07, 6.45) is 1.30. The number of methoxy groups -OCH3 is 1. The highest BCUT2D eigenvalue weighted by atomic mass is 16.5. The van der Waals surface area contributed by atoms with Crippen LogP contribution in [0.15, 0.2) is 84.9 Å². The summed E-state index contributed by atoms with van der Waals surface area (Å²) in [5.41, 5.74) is 2.12. The Labute approximate surface area is 181 Å². The van der Waals surface area contributed by atoms with Gasteiger partial charge in [-0.3, -0.25) is 4.79 Å². The predicted octanol–water partition coefficient (Wildman–Crippen LogP) is 4.83. The molecule has 31 heavy (non-hydrogen) atoms. The third-order valence-corrected chi connectivity index (χ3v) is 5.60. The van der Waals surface area contributed by atoms with Crippen LogP contribution >= 0.6 is 0 Å². The molecule has 1 amide bonds. The molecule has 4 aromatic rings. The highest BCUT2D eigenvalue weighted by molar-refractivity contribution is 6.02. The summed E-state index contributed by atoms with van der Waals surface area (Å²) in [7, 11) is 1.35. The second-order valence-corrected chi connectivity index (χ2v) is 7.63. The fraction of sp³-hybridized carbons (Fsp3) is 0.185. The van der Waals surface area contributed by atoms with Crippen molar-refractivity contribution in [2.75, 3.05) is 7.11 Å². The van der Waals surface area contributed by atoms with E-state index >= 15 is 0 Å². The van der Waals surface area contributed by atoms with E-state index in [2.05, 4.69) is 35.6 Å². The van der Waals surface area contributed by atoms with Crippen molar-refractivity contribution in [1.29, 1.82) is 0 Å². The van der Waals surface area contributed by atoms with Crippen molar-refractivity contribution in [2.45, 2.75) is 25.3 Å². The molecule has 0 saturated heterocycles. The van der Waals surface area contributed by atoms with E-state index in [-0.39, 0.29) is 5.91 Å². The molecule has 0 bridgehead atoms. The lowest BCUT2D eigenvalue weighted by molar-refractivity contribution is -0.145. The number of ether oxygens (including phenoxy) is 1. The summed E-state index contributed by atoms with van der Waals surface area (Å²) in [6.45, 7) is 0. The molecule has 4 rings (SSSR count). The molecule has 1 N–H and O–H groups in total. The zero-order valence-electron chi connectivity index (χ0n) is 17.5. The minimum atomic E-state index is -0.748. The van der Waals surface area contributed by atoms with Crippen molar-refractivity contribution >= 4 is 33.4 Å². The first-order chi connectivity index (χ1) is 15.2. The van der Waals surface area contributed by atoms with Crippen molar-refractivity contribution < 1.29 is 14.3 Å². The molecule has 1 atom stereocenters. The number of amides is 1. The maximum Gasteiger partial charge on any atom is 0.328 e. The quantitative estimate of drug-likeness (QED) is 0.350. The molecular formula is C27H25NO3. The minimum Gasteiger partial charge on any atom is -0.467 e. The number of carbonyl (C=O) groups excluding carboxylic acids is 2. The third kappa shape index (κ3) is 4.75. The predicted molar refractivity (Wildman–Crippen MR) is 124 cm³/mol. The fourth-order valence-corrected chi connectivity index (χ4v) is 4.04. The first-order valence-corrected chi connectivity index (χ1v) is 10.5. The van der Waals surface area contributed by atoms with Crippen LogP contribution in [0.4, 0.5) is 0 Å². The van der Waals surface area contributed by atoms with Crippen molar-refractivity contribution in [3.63, 3.8) is 0 Å². The van der Waals surface area contributed by atoms with E-state index in [0.29, 0.717) is 19.3 Å². The molecule has 156 valence electrons. The minimum absolute atomic E-state index is 0.163. The average molecular weight is 412 g/mol. The summed E-state index contributed by atoms with van der Waals surface area (Å²) in [5.74, 6) is -0.603. The van der Waals surface area contributed by atoms with Crippen LogP contribution in [0.2, 0.25) is 0 Å². The molecule has 4 nitrogen and oxygen atoms in total. The van der Waals surface area contributed by atoms with E-state index < -0.39 is 12.0 Å². The number of carbonyl (C=O) groups is 2. The highest BCUT2D eigenvalue weighted by Gasteiger charge is 2.24. The normalized spacial score (nSPS) is 11.9. The number of esters is 1. The fourth-order valence-electron chi connectivity index (χ4n) is 4.04. The van der Waals surface area contributed by atoms with Gasteiger partial charge in [0.15, 0.2) is 0 Å². The monoisotopic (exact) mass is 411 g/mol. The molecule has 0 fully saturated rings. The Morgan fingerprint density at radius 2 is 1.42 bits per heavy atom. The van der Waals surface area contributed by atoms with Crippen LogP contribution in [0.25, 0.3) is 21.5 Å². The zero-order chi connectivity index (χ0) is 21.6. The van der Waals surface area contributed by atoms with Crippen molar-refractivity contribution in [3.8, 4) is 0 Å². The third-order valence-electron chi connectivity index (χ3n) is 5.60. The summed E-state index contributed by atoms with van der Waals surface area (Å²) in [4.78, 5) is 25.2. The van der Waals surface area contributed by atoms with E-state index in [4.69, 9.17) is 4.74 Å². The molecule has 0 unspecified atom stereocenters. The lowest BCUT2D eigenvalue weighted by atomic mass is 9.92. The van der Waals surface area contributed by atoms with Crippen LogP contribution in [-0.2, 0) is 27.2 Å². The van der Waals surface area contributed by atoms with Gasteiger partial charge in [-0.15, -0.1) is 0 Å². The van der Waals surface area contributed by atoms with Crippen molar-refractivity contribution in [1.82, 2.24) is 5.32 Å². The topological polar surface area (TPSA) is 55.4 Å². The molecular weight excluding hydrogens is 386 g/mol. The van der Waals surface area contributed by atoms with Gasteiger partial charge >= 0.3 is 5.97 Å². The molecule has 0 aromatic heterocycles. The lowest BCUT2D eigenvalue weighted by Gasteiger charge is -2.19. The van der Waals surface area contributed by atoms with Crippen LogP contribution in [0.3, 0.4) is 0 Å². The summed E-state index contributed by atoms with van der Waals surface area (Å²) < 4.78 is 5.02. The summed E-state index contributed by atoms with van der Waals surface area (Å²) in [5, 5.41) is 7.27. The van der Waals surface area contributed by atoms with Gasteiger partial charge in [-0.05, 0) is 45.2 Å². The Hall–Kier alpha value is -3.66. The second-order valence-electron chi connectivity index (χ2n) is 7.63. The Morgan fingerprint density at radius 3 is 2.03 bits per heavy atom. The van der Waals surface area contributed by atoms with E-state index in [1.165, 1.54) is 7.11 Å². The van der Waals surface area contributed by atoms with Crippen LogP contribution in [0.5, 0.6) is 0 Å². The molecule has 0 aliphatic heterocycles. The Morgan fingerprint density at radius 1 is 0.839 bits per heavy atom. The smallest absolute Gasteiger partial charge is 0.328 e. The van der Waals surface area contributed by atoms with Crippen LogP contribution < -0.4 is 5.32 Å². The molecule has 0 spiro atoms. The van der Waals surface area contributed by atoms with Gasteiger partial charge in [0.1, 0.15) is 6.04 Å². The molecule has 4 heteroatoms. The van der Waals surface area contributed by atoms with Gasteiger partial charge < -0.3 is 10.1 Å². The van der Waals surface area contributed by atoms with Gasteiger partial charge in [-0.25, -0.2) is 4.79 Å². The highest BCUT2D eigenvalue weighted by Crippen LogP contribution is 2.29. The maximum atomic E-state index is 12.6. The molecule has 4 aromatic carbocycles. The standard InChI is InChI=1S/C27H25NO3/c1-31-27(30)25(28-26(29)16-15-19-9-3-2-4-10-19)18-24-22-13-7-5-11-20(22)17-21-12-6-8-14-23(21)24/h2-14,17,25H,15-16,18H2,1H3,(H,28,29)/t25-/m0/s1. The number of rotatable bonds is 7. The van der Waals surface area contributed by atoms with Gasteiger partial charge in [-0.1, -0.05) is 78.9 Å². The second kappa shape index (κ2) is 9.43. The maximum absolute atomic E-state index is 12.6. The first-order valence-electron chi connectivity index (χ1n) is 10.5. The van der Waals surface area contributed by atoms with Crippen LogP contribution in [0, 0.1) is 0 Å². The SMILES string of the molecule is COC(=O)[C@H](Cc1c2ccccc2cc2ccccc12)NC(=O)CCc1ccccc1. The number of fused-ring (bicyclic) bond motifs is 2. The van der Waals surface area contributed by atoms with Gasteiger partial charge in [0, 0.05) is 12.8 Å². The Kier molecular flexibility index (Phi) is 6.27. The zero-order valence-corrected chi connectivity index (χ0v) is 17.5. The lowest BCUT2D eigenvalue weighted by Crippen LogP contribution is -2.43. The van der Waals surface area contributed by atoms with Gasteiger partial charge in [-0.2, -0.15) is 0 Å². The number of hydrogen-bond acceptors (Lipinski definition) is 3. The van der Waals surface area contributed by atoms with E-state index in [1.54, 1.807) is 0 Å². The van der Waals surface area contributed by atoms with Gasteiger partial charge in [0.2, 0.25) is 5.91 Å². The Balaban J connectivity index is 1.61. The van der Waals surface area contributed by atoms with Crippen LogP contribution in [-0.4, -0.2) is 25.0 Å². The largest absolute Gasteiger partial charge is 0.467 e. The first kappa shape index (κ1) is 20.6. The molecule has 0 aliphatic carbocycles. The number of aryl methyl sites for hydroxylation is 1.